The van der Waals surface area contributed by atoms with Crippen molar-refractivity contribution in [1.82, 2.24) is 14.9 Å². The third-order valence-corrected chi connectivity index (χ3v) is 5.70. The maximum absolute atomic E-state index is 12.4. The zero-order valence-corrected chi connectivity index (χ0v) is 19.4. The Balaban J connectivity index is 1.51. The van der Waals surface area contributed by atoms with Gasteiger partial charge in [0.15, 0.2) is 5.84 Å². The number of carbonyl (C=O) groups is 1. The van der Waals surface area contributed by atoms with Crippen LogP contribution >= 0.6 is 0 Å². The van der Waals surface area contributed by atoms with Gasteiger partial charge in [-0.05, 0) is 42.3 Å². The molecule has 35 heavy (non-hydrogen) atoms. The van der Waals surface area contributed by atoms with Crippen molar-refractivity contribution in [3.63, 3.8) is 0 Å². The lowest BCUT2D eigenvalue weighted by molar-refractivity contribution is 0.0602. The highest BCUT2D eigenvalue weighted by molar-refractivity contribution is 6.05. The average molecular weight is 469 g/mol. The van der Waals surface area contributed by atoms with Crippen molar-refractivity contribution in [1.29, 1.82) is 0 Å². The zero-order valence-electron chi connectivity index (χ0n) is 19.4. The first-order chi connectivity index (χ1) is 17.1. The molecule has 0 aliphatic carbocycles. The van der Waals surface area contributed by atoms with Gasteiger partial charge in [-0.25, -0.2) is 4.79 Å². The lowest BCUT2D eigenvalue weighted by Gasteiger charge is -2.13. The standard InChI is InChI=1S/C27H24N4O4/c1-4-34-27-29-23-11-7-10-22(26(32)33-3)24(23)31(27)16-18-12-14-19(15-13-18)20-8-5-6-9-21(20)25-28-17(2)35-30-25/h5-15H,2,4,16H2,1,3H3,(H,28,30). The second-order valence-electron chi connectivity index (χ2n) is 7.90. The van der Waals surface area contributed by atoms with Crippen LogP contribution in [0.2, 0.25) is 0 Å². The predicted molar refractivity (Wildman–Crippen MR) is 133 cm³/mol. The van der Waals surface area contributed by atoms with Gasteiger partial charge in [0.05, 0.1) is 36.9 Å². The molecule has 0 atom stereocenters. The Hall–Kier alpha value is -4.59. The van der Waals surface area contributed by atoms with Crippen LogP contribution in [0.25, 0.3) is 22.2 Å². The van der Waals surface area contributed by atoms with Crippen LogP contribution < -0.4 is 10.1 Å². The third-order valence-electron chi connectivity index (χ3n) is 5.70. The summed E-state index contributed by atoms with van der Waals surface area (Å²) in [5, 5.41) is 7.12. The van der Waals surface area contributed by atoms with Crippen LogP contribution in [-0.4, -0.2) is 35.1 Å². The first-order valence-corrected chi connectivity index (χ1v) is 11.2. The molecule has 0 bridgehead atoms. The van der Waals surface area contributed by atoms with E-state index in [1.165, 1.54) is 7.11 Å². The Bertz CT molecular complexity index is 1450. The number of para-hydroxylation sites is 1. The second-order valence-corrected chi connectivity index (χ2v) is 7.90. The lowest BCUT2D eigenvalue weighted by atomic mass is 9.98. The number of imidazole rings is 1. The molecule has 0 spiro atoms. The summed E-state index contributed by atoms with van der Waals surface area (Å²) in [5.74, 6) is 0.604. The van der Waals surface area contributed by atoms with E-state index in [0.29, 0.717) is 47.5 Å². The number of nitrogens with zero attached hydrogens (tertiary/aromatic N) is 3. The van der Waals surface area contributed by atoms with Crippen molar-refractivity contribution < 1.29 is 19.1 Å². The highest BCUT2D eigenvalue weighted by Gasteiger charge is 2.20. The van der Waals surface area contributed by atoms with E-state index in [9.17, 15) is 4.79 Å². The maximum atomic E-state index is 12.4. The molecule has 176 valence electrons. The summed E-state index contributed by atoms with van der Waals surface area (Å²) >= 11 is 0. The molecule has 1 aliphatic heterocycles. The summed E-state index contributed by atoms with van der Waals surface area (Å²) in [4.78, 5) is 22.1. The molecule has 0 saturated carbocycles. The number of oxime groups is 1. The van der Waals surface area contributed by atoms with E-state index in [0.717, 1.165) is 22.3 Å². The summed E-state index contributed by atoms with van der Waals surface area (Å²) in [6.07, 6.45) is 0. The monoisotopic (exact) mass is 468 g/mol. The van der Waals surface area contributed by atoms with Crippen molar-refractivity contribution in [2.75, 3.05) is 13.7 Å². The fraction of sp³-hybridized carbons (Fsp3) is 0.148. The van der Waals surface area contributed by atoms with Crippen LogP contribution in [0.4, 0.5) is 0 Å². The number of nitrogens with one attached hydrogen (secondary N) is 1. The smallest absolute Gasteiger partial charge is 0.340 e. The van der Waals surface area contributed by atoms with Gasteiger partial charge in [0, 0.05) is 5.56 Å². The molecule has 8 heteroatoms. The first-order valence-electron chi connectivity index (χ1n) is 11.2. The van der Waals surface area contributed by atoms with Crippen molar-refractivity contribution in [2.24, 2.45) is 5.16 Å². The molecule has 1 aliphatic rings. The Labute approximate surface area is 202 Å². The van der Waals surface area contributed by atoms with Gasteiger partial charge < -0.3 is 19.6 Å². The number of hydrogen-bond donors (Lipinski definition) is 1. The fourth-order valence-corrected chi connectivity index (χ4v) is 4.13. The van der Waals surface area contributed by atoms with E-state index in [4.69, 9.17) is 14.3 Å². The van der Waals surface area contributed by atoms with Crippen LogP contribution in [0.1, 0.15) is 28.4 Å². The Kier molecular flexibility index (Phi) is 5.93. The summed E-state index contributed by atoms with van der Waals surface area (Å²) in [6.45, 7) is 6.59. The summed E-state index contributed by atoms with van der Waals surface area (Å²) < 4.78 is 12.7. The molecule has 3 aromatic carbocycles. The molecule has 4 aromatic rings. The topological polar surface area (TPSA) is 87.0 Å². The lowest BCUT2D eigenvalue weighted by Crippen LogP contribution is -2.18. The van der Waals surface area contributed by atoms with E-state index in [-0.39, 0.29) is 0 Å². The van der Waals surface area contributed by atoms with Crippen molar-refractivity contribution in [2.45, 2.75) is 13.5 Å². The molecule has 0 amide bonds. The molecule has 0 fully saturated rings. The number of carbonyl (C=O) groups excluding carboxylic acids is 1. The summed E-state index contributed by atoms with van der Waals surface area (Å²) in [6, 6.07) is 22.0. The minimum absolute atomic E-state index is 0.397. The predicted octanol–water partition coefficient (Wildman–Crippen LogP) is 4.69. The first kappa shape index (κ1) is 22.2. The van der Waals surface area contributed by atoms with Gasteiger partial charge in [0.1, 0.15) is 0 Å². The van der Waals surface area contributed by atoms with E-state index in [2.05, 4.69) is 34.2 Å². The number of amidine groups is 1. The van der Waals surface area contributed by atoms with Gasteiger partial charge in [0.2, 0.25) is 5.88 Å². The van der Waals surface area contributed by atoms with E-state index in [1.54, 1.807) is 12.1 Å². The molecule has 5 rings (SSSR count). The van der Waals surface area contributed by atoms with Gasteiger partial charge in [-0.2, -0.15) is 4.98 Å². The van der Waals surface area contributed by atoms with Crippen molar-refractivity contribution in [3.05, 3.63) is 95.9 Å². The number of aromatic nitrogens is 2. The Morgan fingerprint density at radius 2 is 1.83 bits per heavy atom. The summed E-state index contributed by atoms with van der Waals surface area (Å²) in [5.41, 5.74) is 5.79. The molecular weight excluding hydrogens is 444 g/mol. The minimum Gasteiger partial charge on any atom is -0.465 e. The number of ether oxygens (including phenoxy) is 2. The molecule has 1 N–H and O–H groups in total. The highest BCUT2D eigenvalue weighted by atomic mass is 16.7. The van der Waals surface area contributed by atoms with Gasteiger partial charge in [0.25, 0.3) is 6.01 Å². The fourth-order valence-electron chi connectivity index (χ4n) is 4.13. The molecule has 0 unspecified atom stereocenters. The minimum atomic E-state index is -0.415. The van der Waals surface area contributed by atoms with Crippen LogP contribution in [0.3, 0.4) is 0 Å². The number of methoxy groups -OCH3 is 1. The highest BCUT2D eigenvalue weighted by Crippen LogP contribution is 2.29. The number of fused-ring (bicyclic) bond motifs is 1. The second kappa shape index (κ2) is 9.34. The van der Waals surface area contributed by atoms with Gasteiger partial charge >= 0.3 is 5.97 Å². The molecule has 0 saturated heterocycles. The quantitative estimate of drug-likeness (QED) is 0.396. The van der Waals surface area contributed by atoms with Gasteiger partial charge in [-0.15, -0.1) is 0 Å². The van der Waals surface area contributed by atoms with Crippen molar-refractivity contribution in [3.8, 4) is 17.1 Å². The van der Waals surface area contributed by atoms with E-state index < -0.39 is 5.97 Å². The third kappa shape index (κ3) is 4.21. The van der Waals surface area contributed by atoms with Gasteiger partial charge in [-0.1, -0.05) is 59.8 Å². The van der Waals surface area contributed by atoms with Crippen LogP contribution in [-0.2, 0) is 16.1 Å². The number of hydrogen-bond acceptors (Lipinski definition) is 7. The van der Waals surface area contributed by atoms with Crippen LogP contribution in [0, 0.1) is 0 Å². The van der Waals surface area contributed by atoms with E-state index in [1.807, 2.05) is 54.0 Å². The van der Waals surface area contributed by atoms with Crippen molar-refractivity contribution >= 4 is 22.8 Å². The molecular formula is C27H24N4O4. The number of rotatable bonds is 7. The SMILES string of the molecule is C=C1NC(c2ccccc2-c2ccc(Cn3c(OCC)nc4cccc(C(=O)OC)c43)cc2)=NO1. The maximum Gasteiger partial charge on any atom is 0.340 e. The zero-order chi connectivity index (χ0) is 24.4. The molecule has 8 nitrogen and oxygen atoms in total. The average Bonchev–Trinajstić information content (AvgIpc) is 3.47. The Morgan fingerprint density at radius 1 is 1.06 bits per heavy atom. The molecule has 1 aromatic heterocycles. The van der Waals surface area contributed by atoms with Crippen LogP contribution in [0.15, 0.2) is 84.3 Å². The molecule has 0 radical (unpaired) electrons. The summed E-state index contributed by atoms with van der Waals surface area (Å²) in [7, 11) is 1.37. The normalized spacial score (nSPS) is 12.7. The van der Waals surface area contributed by atoms with Crippen LogP contribution in [0.5, 0.6) is 6.01 Å². The number of benzene rings is 3. The van der Waals surface area contributed by atoms with E-state index >= 15 is 0 Å². The molecule has 2 heterocycles. The Morgan fingerprint density at radius 3 is 2.51 bits per heavy atom. The van der Waals surface area contributed by atoms with Gasteiger partial charge in [-0.3, -0.25) is 4.57 Å². The number of esters is 1. The largest absolute Gasteiger partial charge is 0.465 e.